The lowest BCUT2D eigenvalue weighted by Crippen LogP contribution is -2.40. The third kappa shape index (κ3) is 4.54. The van der Waals surface area contributed by atoms with Gasteiger partial charge in [-0.1, -0.05) is 44.2 Å². The quantitative estimate of drug-likeness (QED) is 0.363. The molecule has 1 aliphatic rings. The summed E-state index contributed by atoms with van der Waals surface area (Å²) in [4.78, 5) is 20.0. The number of carbonyl (C=O) groups excluding carboxylic acids is 1. The number of hydrogen-bond acceptors (Lipinski definition) is 3. The SMILES string of the molecule is C=CC1CN(CCCC)CCC1CC(=C)C(=O)c1ccnc2ccccc12. The first-order chi connectivity index (χ1) is 13.1. The average Bonchev–Trinajstić information content (AvgIpc) is 2.71. The molecule has 0 bridgehead atoms. The number of allylic oxidation sites excluding steroid dienone is 1. The van der Waals surface area contributed by atoms with Crippen LogP contribution in [0, 0.1) is 11.8 Å². The van der Waals surface area contributed by atoms with Gasteiger partial charge in [-0.2, -0.15) is 0 Å². The first kappa shape index (κ1) is 19.5. The Morgan fingerprint density at radius 3 is 2.93 bits per heavy atom. The summed E-state index contributed by atoms with van der Waals surface area (Å²) in [5.74, 6) is 0.920. The van der Waals surface area contributed by atoms with Crippen molar-refractivity contribution in [3.05, 3.63) is 66.9 Å². The molecule has 0 amide bonds. The fourth-order valence-corrected chi connectivity index (χ4v) is 4.10. The summed E-state index contributed by atoms with van der Waals surface area (Å²) in [6, 6.07) is 9.60. The zero-order valence-corrected chi connectivity index (χ0v) is 16.4. The van der Waals surface area contributed by atoms with Crippen molar-refractivity contribution in [1.82, 2.24) is 9.88 Å². The van der Waals surface area contributed by atoms with Crippen molar-refractivity contribution in [2.75, 3.05) is 19.6 Å². The lowest BCUT2D eigenvalue weighted by atomic mass is 9.80. The summed E-state index contributed by atoms with van der Waals surface area (Å²) in [5.41, 5.74) is 2.26. The molecule has 27 heavy (non-hydrogen) atoms. The summed E-state index contributed by atoms with van der Waals surface area (Å²) in [6.07, 6.45) is 8.10. The molecule has 142 valence electrons. The van der Waals surface area contributed by atoms with Gasteiger partial charge in [-0.05, 0) is 61.9 Å². The van der Waals surface area contributed by atoms with Crippen LogP contribution in [-0.4, -0.2) is 35.3 Å². The molecule has 0 radical (unpaired) electrons. The van der Waals surface area contributed by atoms with Gasteiger partial charge in [0.15, 0.2) is 5.78 Å². The first-order valence-corrected chi connectivity index (χ1v) is 10.0. The average molecular weight is 363 g/mol. The van der Waals surface area contributed by atoms with Gasteiger partial charge in [-0.15, -0.1) is 6.58 Å². The Balaban J connectivity index is 1.69. The van der Waals surface area contributed by atoms with Gasteiger partial charge in [-0.25, -0.2) is 0 Å². The van der Waals surface area contributed by atoms with Gasteiger partial charge < -0.3 is 4.90 Å². The van der Waals surface area contributed by atoms with E-state index in [1.165, 1.54) is 12.8 Å². The van der Waals surface area contributed by atoms with E-state index in [1.807, 2.05) is 30.3 Å². The number of carbonyl (C=O) groups is 1. The third-order valence-electron chi connectivity index (χ3n) is 5.74. The van der Waals surface area contributed by atoms with Crippen LogP contribution in [0.25, 0.3) is 10.9 Å². The molecule has 1 fully saturated rings. The Hall–Kier alpha value is -2.26. The molecular weight excluding hydrogens is 332 g/mol. The van der Waals surface area contributed by atoms with E-state index in [0.29, 0.717) is 23.0 Å². The van der Waals surface area contributed by atoms with E-state index in [-0.39, 0.29) is 5.78 Å². The summed E-state index contributed by atoms with van der Waals surface area (Å²) < 4.78 is 0. The molecule has 2 atom stereocenters. The minimum atomic E-state index is 0.0461. The zero-order valence-electron chi connectivity index (χ0n) is 16.4. The van der Waals surface area contributed by atoms with E-state index in [2.05, 4.69) is 36.0 Å². The van der Waals surface area contributed by atoms with Crippen LogP contribution in [0.3, 0.4) is 0 Å². The van der Waals surface area contributed by atoms with Crippen molar-refractivity contribution >= 4 is 16.7 Å². The molecule has 1 saturated heterocycles. The molecule has 1 aromatic carbocycles. The number of likely N-dealkylation sites (tertiary alicyclic amines) is 1. The van der Waals surface area contributed by atoms with Crippen LogP contribution in [0.5, 0.6) is 0 Å². The molecule has 2 unspecified atom stereocenters. The third-order valence-corrected chi connectivity index (χ3v) is 5.74. The number of nitrogens with zero attached hydrogens (tertiary/aromatic N) is 2. The van der Waals surface area contributed by atoms with E-state index < -0.39 is 0 Å². The molecule has 1 aliphatic heterocycles. The smallest absolute Gasteiger partial charge is 0.189 e. The van der Waals surface area contributed by atoms with E-state index in [4.69, 9.17) is 0 Å². The second-order valence-corrected chi connectivity index (χ2v) is 7.61. The minimum absolute atomic E-state index is 0.0461. The summed E-state index contributed by atoms with van der Waals surface area (Å²) in [5, 5.41) is 0.904. The number of hydrogen-bond donors (Lipinski definition) is 0. The summed E-state index contributed by atoms with van der Waals surface area (Å²) >= 11 is 0. The summed E-state index contributed by atoms with van der Waals surface area (Å²) in [6.45, 7) is 13.8. The number of benzene rings is 1. The highest BCUT2D eigenvalue weighted by Gasteiger charge is 2.28. The lowest BCUT2D eigenvalue weighted by Gasteiger charge is -2.37. The van der Waals surface area contributed by atoms with Gasteiger partial charge >= 0.3 is 0 Å². The molecule has 2 aromatic rings. The number of aromatic nitrogens is 1. The molecule has 1 aromatic heterocycles. The highest BCUT2D eigenvalue weighted by Crippen LogP contribution is 2.31. The Bertz CT molecular complexity index is 821. The van der Waals surface area contributed by atoms with Crippen LogP contribution in [0.15, 0.2) is 61.3 Å². The van der Waals surface area contributed by atoms with Crippen LogP contribution in [0.4, 0.5) is 0 Å². The van der Waals surface area contributed by atoms with Crippen molar-refractivity contribution in [2.24, 2.45) is 11.8 Å². The predicted octanol–water partition coefficient (Wildman–Crippen LogP) is 5.29. The highest BCUT2D eigenvalue weighted by atomic mass is 16.1. The molecule has 0 aliphatic carbocycles. The highest BCUT2D eigenvalue weighted by molar-refractivity contribution is 6.15. The molecule has 3 nitrogen and oxygen atoms in total. The van der Waals surface area contributed by atoms with Gasteiger partial charge in [0.05, 0.1) is 5.52 Å². The van der Waals surface area contributed by atoms with Crippen molar-refractivity contribution in [3.63, 3.8) is 0 Å². The molecule has 0 N–H and O–H groups in total. The summed E-state index contributed by atoms with van der Waals surface area (Å²) in [7, 11) is 0. The van der Waals surface area contributed by atoms with E-state index >= 15 is 0 Å². The van der Waals surface area contributed by atoms with Crippen molar-refractivity contribution in [3.8, 4) is 0 Å². The maximum absolute atomic E-state index is 13.1. The van der Waals surface area contributed by atoms with Crippen molar-refractivity contribution in [1.29, 1.82) is 0 Å². The van der Waals surface area contributed by atoms with Gasteiger partial charge in [-0.3, -0.25) is 9.78 Å². The molecular formula is C24H30N2O. The number of para-hydroxylation sites is 1. The van der Waals surface area contributed by atoms with Gasteiger partial charge in [0.1, 0.15) is 0 Å². The fourth-order valence-electron chi connectivity index (χ4n) is 4.10. The van der Waals surface area contributed by atoms with Crippen LogP contribution < -0.4 is 0 Å². The fraction of sp³-hybridized carbons (Fsp3) is 0.417. The number of Topliss-reactive ketones (excluding diaryl/α,β-unsaturated/α-hetero) is 1. The van der Waals surface area contributed by atoms with E-state index in [0.717, 1.165) is 43.4 Å². The molecule has 0 spiro atoms. The molecule has 3 heteroatoms. The number of piperidine rings is 1. The number of fused-ring (bicyclic) bond motifs is 1. The lowest BCUT2D eigenvalue weighted by molar-refractivity contribution is 0.101. The predicted molar refractivity (Wildman–Crippen MR) is 113 cm³/mol. The van der Waals surface area contributed by atoms with Gasteiger partial charge in [0.2, 0.25) is 0 Å². The van der Waals surface area contributed by atoms with Gasteiger partial charge in [0, 0.05) is 23.7 Å². The Labute approximate surface area is 162 Å². The monoisotopic (exact) mass is 362 g/mol. The Morgan fingerprint density at radius 1 is 1.33 bits per heavy atom. The number of unbranched alkanes of at least 4 members (excludes halogenated alkanes) is 1. The van der Waals surface area contributed by atoms with Crippen LogP contribution >= 0.6 is 0 Å². The Morgan fingerprint density at radius 2 is 2.15 bits per heavy atom. The molecule has 0 saturated carbocycles. The van der Waals surface area contributed by atoms with Crippen LogP contribution in [-0.2, 0) is 0 Å². The Kier molecular flexibility index (Phi) is 6.57. The van der Waals surface area contributed by atoms with E-state index in [1.54, 1.807) is 6.20 Å². The molecule has 2 heterocycles. The second-order valence-electron chi connectivity index (χ2n) is 7.61. The van der Waals surface area contributed by atoms with Crippen molar-refractivity contribution < 1.29 is 4.79 Å². The first-order valence-electron chi connectivity index (χ1n) is 10.0. The minimum Gasteiger partial charge on any atom is -0.303 e. The standard InChI is InChI=1S/C24H30N2O/c1-4-6-14-26-15-12-20(19(5-2)17-26)16-18(3)24(27)22-11-13-25-23-10-8-7-9-21(22)23/h5,7-11,13,19-20H,2-4,6,12,14-17H2,1H3. The van der Waals surface area contributed by atoms with E-state index in [9.17, 15) is 4.79 Å². The maximum atomic E-state index is 13.1. The number of ketones is 1. The van der Waals surface area contributed by atoms with Gasteiger partial charge in [0.25, 0.3) is 0 Å². The number of rotatable bonds is 8. The number of pyridine rings is 1. The topological polar surface area (TPSA) is 33.2 Å². The normalized spacial score (nSPS) is 20.5. The van der Waals surface area contributed by atoms with Crippen LogP contribution in [0.1, 0.15) is 43.0 Å². The largest absolute Gasteiger partial charge is 0.303 e. The second kappa shape index (κ2) is 9.09. The van der Waals surface area contributed by atoms with Crippen LogP contribution in [0.2, 0.25) is 0 Å². The van der Waals surface area contributed by atoms with Crippen molar-refractivity contribution in [2.45, 2.75) is 32.6 Å². The zero-order chi connectivity index (χ0) is 19.2. The molecule has 3 rings (SSSR count). The maximum Gasteiger partial charge on any atom is 0.189 e.